The Morgan fingerprint density at radius 3 is 2.50 bits per heavy atom. The van der Waals surface area contributed by atoms with Gasteiger partial charge in [-0.15, -0.1) is 0 Å². The van der Waals surface area contributed by atoms with Crippen molar-refractivity contribution in [2.45, 2.75) is 38.2 Å². The molecule has 0 amide bonds. The lowest BCUT2D eigenvalue weighted by molar-refractivity contribution is -0.0687. The van der Waals surface area contributed by atoms with Crippen LogP contribution in [0.3, 0.4) is 0 Å². The van der Waals surface area contributed by atoms with Crippen LogP contribution in [-0.2, 0) is 0 Å². The Balaban J connectivity index is 2.60. The van der Waals surface area contributed by atoms with Crippen LogP contribution in [0.5, 0.6) is 0 Å². The van der Waals surface area contributed by atoms with Crippen molar-refractivity contribution in [3.8, 4) is 0 Å². The number of halogens is 2. The van der Waals surface area contributed by atoms with Crippen molar-refractivity contribution in [2.24, 2.45) is 11.7 Å². The van der Waals surface area contributed by atoms with E-state index in [0.29, 0.717) is 6.42 Å². The van der Waals surface area contributed by atoms with Crippen LogP contribution in [-0.4, -0.2) is 12.0 Å². The van der Waals surface area contributed by atoms with Crippen molar-refractivity contribution < 1.29 is 8.78 Å². The lowest BCUT2D eigenvalue weighted by Crippen LogP contribution is -2.48. The number of hydrogen-bond donors (Lipinski definition) is 1. The highest BCUT2D eigenvalue weighted by Crippen LogP contribution is 2.35. The van der Waals surface area contributed by atoms with E-state index in [2.05, 4.69) is 0 Å². The molecule has 0 spiro atoms. The maximum Gasteiger partial charge on any atom is 0.263 e. The average Bonchev–Trinajstić information content (AvgIpc) is 1.83. The van der Waals surface area contributed by atoms with Gasteiger partial charge in [0.2, 0.25) is 0 Å². The molecule has 0 saturated heterocycles. The summed E-state index contributed by atoms with van der Waals surface area (Å²) in [5.74, 6) is -2.64. The maximum atomic E-state index is 12.7. The molecular formula is C7H13F2N. The number of hydrogen-bond acceptors (Lipinski definition) is 1. The van der Waals surface area contributed by atoms with Crippen molar-refractivity contribution in [1.82, 2.24) is 0 Å². The monoisotopic (exact) mass is 149 g/mol. The van der Waals surface area contributed by atoms with Crippen LogP contribution in [0.1, 0.15) is 26.2 Å². The molecule has 1 saturated carbocycles. The molecule has 1 fully saturated rings. The van der Waals surface area contributed by atoms with Gasteiger partial charge in [0.1, 0.15) is 0 Å². The van der Waals surface area contributed by atoms with Gasteiger partial charge in [-0.3, -0.25) is 0 Å². The van der Waals surface area contributed by atoms with E-state index in [1.54, 1.807) is 6.92 Å². The molecule has 0 aromatic carbocycles. The highest BCUT2D eigenvalue weighted by atomic mass is 19.3. The topological polar surface area (TPSA) is 26.0 Å². The van der Waals surface area contributed by atoms with E-state index in [4.69, 9.17) is 5.73 Å². The highest BCUT2D eigenvalue weighted by molar-refractivity contribution is 4.88. The minimum atomic E-state index is -2.61. The van der Waals surface area contributed by atoms with Crippen molar-refractivity contribution in [2.75, 3.05) is 0 Å². The van der Waals surface area contributed by atoms with Crippen LogP contribution >= 0.6 is 0 Å². The fourth-order valence-electron chi connectivity index (χ4n) is 1.42. The quantitative estimate of drug-likeness (QED) is 0.558. The third-order valence-electron chi connectivity index (χ3n) is 2.27. The Labute approximate surface area is 59.6 Å². The molecule has 0 heterocycles. The van der Waals surface area contributed by atoms with E-state index < -0.39 is 12.0 Å². The standard InChI is InChI=1S/C7H13F2N/c1-5-3-2-4-7(8,9)6(5)10/h5-6H,2-4,10H2,1H3. The molecule has 10 heavy (non-hydrogen) atoms. The lowest BCUT2D eigenvalue weighted by Gasteiger charge is -2.33. The van der Waals surface area contributed by atoms with E-state index in [9.17, 15) is 8.78 Å². The van der Waals surface area contributed by atoms with E-state index in [-0.39, 0.29) is 12.3 Å². The van der Waals surface area contributed by atoms with Gasteiger partial charge in [0.05, 0.1) is 6.04 Å². The summed E-state index contributed by atoms with van der Waals surface area (Å²) in [6.45, 7) is 1.79. The highest BCUT2D eigenvalue weighted by Gasteiger charge is 2.42. The van der Waals surface area contributed by atoms with E-state index in [1.807, 2.05) is 0 Å². The zero-order valence-corrected chi connectivity index (χ0v) is 6.11. The zero-order chi connectivity index (χ0) is 7.78. The Morgan fingerprint density at radius 1 is 1.50 bits per heavy atom. The van der Waals surface area contributed by atoms with Crippen LogP contribution < -0.4 is 5.73 Å². The summed E-state index contributed by atoms with van der Waals surface area (Å²) in [5, 5.41) is 0. The molecular weight excluding hydrogens is 136 g/mol. The predicted octanol–water partition coefficient (Wildman–Crippen LogP) is 1.77. The van der Waals surface area contributed by atoms with E-state index in [0.717, 1.165) is 6.42 Å². The first-order chi connectivity index (χ1) is 4.54. The summed E-state index contributed by atoms with van der Waals surface area (Å²) in [7, 11) is 0. The second-order valence-corrected chi connectivity index (χ2v) is 3.16. The average molecular weight is 149 g/mol. The fourth-order valence-corrected chi connectivity index (χ4v) is 1.42. The third kappa shape index (κ3) is 1.29. The molecule has 1 aliphatic carbocycles. The molecule has 3 heteroatoms. The molecule has 1 rings (SSSR count). The van der Waals surface area contributed by atoms with Gasteiger partial charge in [0.25, 0.3) is 5.92 Å². The van der Waals surface area contributed by atoms with Gasteiger partial charge >= 0.3 is 0 Å². The molecule has 2 N–H and O–H groups in total. The van der Waals surface area contributed by atoms with Crippen LogP contribution in [0.15, 0.2) is 0 Å². The van der Waals surface area contributed by atoms with Crippen LogP contribution in [0, 0.1) is 5.92 Å². The minimum Gasteiger partial charge on any atom is -0.322 e. The Morgan fingerprint density at radius 2 is 2.10 bits per heavy atom. The summed E-state index contributed by atoms with van der Waals surface area (Å²) in [4.78, 5) is 0. The summed E-state index contributed by atoms with van der Waals surface area (Å²) in [6, 6.07) is -0.916. The molecule has 0 aromatic rings. The van der Waals surface area contributed by atoms with Crippen LogP contribution in [0.2, 0.25) is 0 Å². The Kier molecular flexibility index (Phi) is 1.95. The first-order valence-corrected chi connectivity index (χ1v) is 3.67. The van der Waals surface area contributed by atoms with E-state index in [1.165, 1.54) is 0 Å². The maximum absolute atomic E-state index is 12.7. The molecule has 1 nitrogen and oxygen atoms in total. The van der Waals surface area contributed by atoms with Crippen LogP contribution in [0.4, 0.5) is 8.78 Å². The van der Waals surface area contributed by atoms with Crippen molar-refractivity contribution in [3.63, 3.8) is 0 Å². The zero-order valence-electron chi connectivity index (χ0n) is 6.11. The molecule has 1 aliphatic rings. The second-order valence-electron chi connectivity index (χ2n) is 3.16. The number of alkyl halides is 2. The van der Waals surface area contributed by atoms with Gasteiger partial charge < -0.3 is 5.73 Å². The van der Waals surface area contributed by atoms with Crippen molar-refractivity contribution in [1.29, 1.82) is 0 Å². The van der Waals surface area contributed by atoms with Gasteiger partial charge in [-0.25, -0.2) is 8.78 Å². The van der Waals surface area contributed by atoms with Gasteiger partial charge in [-0.1, -0.05) is 6.92 Å². The third-order valence-corrected chi connectivity index (χ3v) is 2.27. The number of rotatable bonds is 0. The van der Waals surface area contributed by atoms with Gasteiger partial charge in [-0.2, -0.15) is 0 Å². The Hall–Kier alpha value is -0.180. The number of nitrogens with two attached hydrogens (primary N) is 1. The first-order valence-electron chi connectivity index (χ1n) is 3.67. The summed E-state index contributed by atoms with van der Waals surface area (Å²) >= 11 is 0. The molecule has 0 aliphatic heterocycles. The lowest BCUT2D eigenvalue weighted by atomic mass is 9.84. The molecule has 60 valence electrons. The van der Waals surface area contributed by atoms with Crippen LogP contribution in [0.25, 0.3) is 0 Å². The summed E-state index contributed by atoms with van der Waals surface area (Å²) in [6.07, 6.45) is 1.43. The molecule has 0 aromatic heterocycles. The van der Waals surface area contributed by atoms with Gasteiger partial charge in [0.15, 0.2) is 0 Å². The summed E-state index contributed by atoms with van der Waals surface area (Å²) < 4.78 is 25.4. The fraction of sp³-hybridized carbons (Fsp3) is 1.00. The first kappa shape index (κ1) is 7.92. The summed E-state index contributed by atoms with van der Waals surface area (Å²) in [5.41, 5.74) is 5.31. The molecule has 0 radical (unpaired) electrons. The smallest absolute Gasteiger partial charge is 0.263 e. The second kappa shape index (κ2) is 2.46. The van der Waals surface area contributed by atoms with Gasteiger partial charge in [-0.05, 0) is 18.8 Å². The SMILES string of the molecule is CC1CCCC(F)(F)C1N. The molecule has 0 bridgehead atoms. The minimum absolute atomic E-state index is 0.0243. The predicted molar refractivity (Wildman–Crippen MR) is 35.9 cm³/mol. The van der Waals surface area contributed by atoms with Crippen molar-refractivity contribution >= 4 is 0 Å². The largest absolute Gasteiger partial charge is 0.322 e. The molecule has 2 atom stereocenters. The molecule has 2 unspecified atom stereocenters. The van der Waals surface area contributed by atoms with E-state index >= 15 is 0 Å². The normalized spacial score (nSPS) is 39.6. The van der Waals surface area contributed by atoms with Crippen molar-refractivity contribution in [3.05, 3.63) is 0 Å². The Bertz CT molecular complexity index is 125. The van der Waals surface area contributed by atoms with Gasteiger partial charge in [0, 0.05) is 6.42 Å².